The second kappa shape index (κ2) is 7.20. The molecule has 1 amide bonds. The van der Waals surface area contributed by atoms with Crippen molar-refractivity contribution in [1.82, 2.24) is 0 Å². The molecule has 5 heteroatoms. The van der Waals surface area contributed by atoms with Crippen molar-refractivity contribution >= 4 is 44.4 Å². The summed E-state index contributed by atoms with van der Waals surface area (Å²) in [6, 6.07) is 19.8. The minimum atomic E-state index is -0.534. The fourth-order valence-electron chi connectivity index (χ4n) is 2.49. The number of fused-ring (bicyclic) bond motifs is 1. The Bertz CT molecular complexity index is 1040. The maximum atomic E-state index is 12.4. The van der Waals surface area contributed by atoms with Gasteiger partial charge in [-0.25, -0.2) is 0 Å². The molecule has 0 bridgehead atoms. The highest BCUT2D eigenvalue weighted by Gasteiger charge is 2.12. The Hall–Kier alpha value is -3.10. The van der Waals surface area contributed by atoms with Crippen molar-refractivity contribution in [3.63, 3.8) is 0 Å². The van der Waals surface area contributed by atoms with Crippen molar-refractivity contribution in [2.45, 2.75) is 0 Å². The number of aromatic hydroxyl groups is 1. The van der Waals surface area contributed by atoms with Crippen LogP contribution >= 0.6 is 15.9 Å². The SMILES string of the molecule is N#C/C(=C\c1c(O)ccc2ccccc12)C(=O)Nc1cccc(Br)c1. The minimum absolute atomic E-state index is 0.0155. The van der Waals surface area contributed by atoms with Gasteiger partial charge in [-0.3, -0.25) is 4.79 Å². The maximum Gasteiger partial charge on any atom is 0.266 e. The molecule has 0 saturated carbocycles. The maximum absolute atomic E-state index is 12.4. The van der Waals surface area contributed by atoms with Crippen molar-refractivity contribution in [1.29, 1.82) is 5.26 Å². The number of rotatable bonds is 3. The van der Waals surface area contributed by atoms with Gasteiger partial charge in [0.25, 0.3) is 5.91 Å². The van der Waals surface area contributed by atoms with Gasteiger partial charge in [0.1, 0.15) is 17.4 Å². The van der Waals surface area contributed by atoms with Crippen molar-refractivity contribution < 1.29 is 9.90 Å². The van der Waals surface area contributed by atoms with Crippen molar-refractivity contribution in [2.75, 3.05) is 5.32 Å². The fraction of sp³-hybridized carbons (Fsp3) is 0. The summed E-state index contributed by atoms with van der Waals surface area (Å²) >= 11 is 3.33. The number of amides is 1. The number of nitrogens with one attached hydrogen (secondary N) is 1. The molecule has 25 heavy (non-hydrogen) atoms. The number of phenols is 1. The molecule has 0 atom stereocenters. The molecule has 0 unspecified atom stereocenters. The Kier molecular flexibility index (Phi) is 4.82. The highest BCUT2D eigenvalue weighted by Crippen LogP contribution is 2.29. The van der Waals surface area contributed by atoms with E-state index in [9.17, 15) is 15.2 Å². The van der Waals surface area contributed by atoms with E-state index in [0.29, 0.717) is 11.3 Å². The molecule has 0 radical (unpaired) electrons. The summed E-state index contributed by atoms with van der Waals surface area (Å²) in [7, 11) is 0. The number of hydrogen-bond acceptors (Lipinski definition) is 3. The summed E-state index contributed by atoms with van der Waals surface area (Å²) in [5, 5.41) is 23.9. The Labute approximate surface area is 153 Å². The highest BCUT2D eigenvalue weighted by molar-refractivity contribution is 9.10. The van der Waals surface area contributed by atoms with Crippen LogP contribution < -0.4 is 5.32 Å². The summed E-state index contributed by atoms with van der Waals surface area (Å²) in [5.74, 6) is -0.519. The molecule has 0 fully saturated rings. The molecular formula is C20H13BrN2O2. The number of nitriles is 1. The van der Waals surface area contributed by atoms with E-state index in [4.69, 9.17) is 0 Å². The zero-order valence-corrected chi connectivity index (χ0v) is 14.6. The number of carbonyl (C=O) groups is 1. The molecule has 0 aliphatic rings. The number of phenolic OH excluding ortho intramolecular Hbond substituents is 1. The van der Waals surface area contributed by atoms with Crippen LogP contribution in [0.5, 0.6) is 5.75 Å². The Balaban J connectivity index is 2.00. The average Bonchev–Trinajstić information content (AvgIpc) is 2.61. The van der Waals surface area contributed by atoms with E-state index >= 15 is 0 Å². The quantitative estimate of drug-likeness (QED) is 0.493. The zero-order chi connectivity index (χ0) is 17.8. The van der Waals surface area contributed by atoms with E-state index in [2.05, 4.69) is 21.2 Å². The van der Waals surface area contributed by atoms with Crippen molar-refractivity contribution in [2.24, 2.45) is 0 Å². The first-order valence-corrected chi connectivity index (χ1v) is 8.27. The Morgan fingerprint density at radius 3 is 2.68 bits per heavy atom. The van der Waals surface area contributed by atoms with Crippen LogP contribution in [-0.4, -0.2) is 11.0 Å². The molecular weight excluding hydrogens is 380 g/mol. The van der Waals surface area contributed by atoms with Gasteiger partial charge < -0.3 is 10.4 Å². The van der Waals surface area contributed by atoms with Gasteiger partial charge in [0.15, 0.2) is 0 Å². The fourth-order valence-corrected chi connectivity index (χ4v) is 2.89. The Morgan fingerprint density at radius 1 is 1.12 bits per heavy atom. The monoisotopic (exact) mass is 392 g/mol. The van der Waals surface area contributed by atoms with E-state index < -0.39 is 5.91 Å². The third kappa shape index (κ3) is 3.70. The molecule has 0 spiro atoms. The summed E-state index contributed by atoms with van der Waals surface area (Å²) in [6.45, 7) is 0. The predicted octanol–water partition coefficient (Wildman–Crippen LogP) is 4.85. The van der Waals surface area contributed by atoms with Gasteiger partial charge in [-0.05, 0) is 41.1 Å². The molecule has 0 aliphatic carbocycles. The first-order chi connectivity index (χ1) is 12.1. The van der Waals surface area contributed by atoms with E-state index in [1.807, 2.05) is 36.4 Å². The number of carbonyl (C=O) groups excluding carboxylic acids is 1. The summed E-state index contributed by atoms with van der Waals surface area (Å²) in [6.07, 6.45) is 1.41. The van der Waals surface area contributed by atoms with Crippen LogP contribution in [0, 0.1) is 11.3 Å². The normalized spacial score (nSPS) is 11.1. The van der Waals surface area contributed by atoms with Crippen LogP contribution in [0.4, 0.5) is 5.69 Å². The molecule has 3 aromatic rings. The van der Waals surface area contributed by atoms with Crippen molar-refractivity contribution in [3.8, 4) is 11.8 Å². The largest absolute Gasteiger partial charge is 0.507 e. The van der Waals surface area contributed by atoms with Crippen LogP contribution in [0.1, 0.15) is 5.56 Å². The highest BCUT2D eigenvalue weighted by atomic mass is 79.9. The lowest BCUT2D eigenvalue weighted by Gasteiger charge is -2.07. The molecule has 2 N–H and O–H groups in total. The van der Waals surface area contributed by atoms with E-state index in [-0.39, 0.29) is 11.3 Å². The van der Waals surface area contributed by atoms with Crippen LogP contribution in [0.2, 0.25) is 0 Å². The van der Waals surface area contributed by atoms with E-state index in [1.54, 1.807) is 30.3 Å². The van der Waals surface area contributed by atoms with Crippen LogP contribution in [-0.2, 0) is 4.79 Å². The molecule has 0 saturated heterocycles. The van der Waals surface area contributed by atoms with Crippen LogP contribution in [0.15, 0.2) is 70.7 Å². The third-order valence-corrected chi connectivity index (χ3v) is 4.18. The average molecular weight is 393 g/mol. The van der Waals surface area contributed by atoms with Gasteiger partial charge in [-0.2, -0.15) is 5.26 Å². The van der Waals surface area contributed by atoms with Gasteiger partial charge in [0.05, 0.1) is 0 Å². The number of benzene rings is 3. The topological polar surface area (TPSA) is 73.1 Å². The molecule has 0 aliphatic heterocycles. The summed E-state index contributed by atoms with van der Waals surface area (Å²) in [4.78, 5) is 12.4. The van der Waals surface area contributed by atoms with Crippen LogP contribution in [0.25, 0.3) is 16.8 Å². The molecule has 0 aromatic heterocycles. The minimum Gasteiger partial charge on any atom is -0.507 e. The van der Waals surface area contributed by atoms with E-state index in [0.717, 1.165) is 15.2 Å². The smallest absolute Gasteiger partial charge is 0.266 e. The third-order valence-electron chi connectivity index (χ3n) is 3.68. The lowest BCUT2D eigenvalue weighted by atomic mass is 10.0. The Morgan fingerprint density at radius 2 is 1.92 bits per heavy atom. The van der Waals surface area contributed by atoms with Gasteiger partial charge in [0, 0.05) is 15.7 Å². The molecule has 0 heterocycles. The predicted molar refractivity (Wildman–Crippen MR) is 102 cm³/mol. The standard InChI is InChI=1S/C20H13BrN2O2/c21-15-5-3-6-16(11-15)23-20(25)14(12-22)10-18-17-7-2-1-4-13(17)8-9-19(18)24/h1-11,24H,(H,23,25)/b14-10+. The van der Waals surface area contributed by atoms with Gasteiger partial charge in [-0.15, -0.1) is 0 Å². The first kappa shape index (κ1) is 16.7. The van der Waals surface area contributed by atoms with Crippen LogP contribution in [0.3, 0.4) is 0 Å². The summed E-state index contributed by atoms with van der Waals surface area (Å²) in [5.41, 5.74) is 0.924. The lowest BCUT2D eigenvalue weighted by Crippen LogP contribution is -2.13. The van der Waals surface area contributed by atoms with Gasteiger partial charge in [-0.1, -0.05) is 52.3 Å². The second-order valence-electron chi connectivity index (χ2n) is 5.35. The zero-order valence-electron chi connectivity index (χ0n) is 13.0. The number of halogens is 1. The number of anilines is 1. The van der Waals surface area contributed by atoms with Crippen molar-refractivity contribution in [3.05, 3.63) is 76.3 Å². The number of nitrogens with zero attached hydrogens (tertiary/aromatic N) is 1. The molecule has 4 nitrogen and oxygen atoms in total. The molecule has 3 aromatic carbocycles. The number of hydrogen-bond donors (Lipinski definition) is 2. The first-order valence-electron chi connectivity index (χ1n) is 7.48. The summed E-state index contributed by atoms with van der Waals surface area (Å²) < 4.78 is 0.819. The van der Waals surface area contributed by atoms with E-state index in [1.165, 1.54) is 6.08 Å². The molecule has 122 valence electrons. The lowest BCUT2D eigenvalue weighted by molar-refractivity contribution is -0.112. The van der Waals surface area contributed by atoms with Gasteiger partial charge in [0.2, 0.25) is 0 Å². The second-order valence-corrected chi connectivity index (χ2v) is 6.27. The molecule has 3 rings (SSSR count). The van der Waals surface area contributed by atoms with Gasteiger partial charge >= 0.3 is 0 Å².